The van der Waals surface area contributed by atoms with Crippen molar-refractivity contribution in [3.63, 3.8) is 0 Å². The summed E-state index contributed by atoms with van der Waals surface area (Å²) in [7, 11) is 0. The maximum Gasteiger partial charge on any atom is 0.0714 e. The van der Waals surface area contributed by atoms with Crippen LogP contribution in [0.25, 0.3) is 16.7 Å². The van der Waals surface area contributed by atoms with Gasteiger partial charge in [-0.25, -0.2) is 0 Å². The van der Waals surface area contributed by atoms with E-state index in [1.807, 2.05) is 42.5 Å². The van der Waals surface area contributed by atoms with Crippen molar-refractivity contribution in [1.82, 2.24) is 0 Å². The van der Waals surface area contributed by atoms with Crippen molar-refractivity contribution >= 4 is 34.1 Å². The number of nitrogens with zero attached hydrogens (tertiary/aromatic N) is 1. The summed E-state index contributed by atoms with van der Waals surface area (Å²) >= 11 is 0. The molecular weight excluding hydrogens is 607 g/mol. The Morgan fingerprint density at radius 3 is 1.68 bits per heavy atom. The highest BCUT2D eigenvalue weighted by Crippen LogP contribution is 2.63. The van der Waals surface area contributed by atoms with E-state index in [4.69, 9.17) is 10.8 Å². The lowest BCUT2D eigenvalue weighted by Gasteiger charge is -2.45. The second-order valence-corrected chi connectivity index (χ2v) is 12.8. The largest absolute Gasteiger partial charge is 0.310 e. The van der Waals surface area contributed by atoms with Crippen LogP contribution < -0.4 is 4.90 Å². The van der Waals surface area contributed by atoms with Gasteiger partial charge >= 0.3 is 0 Å². The number of hydrogen-bond donors (Lipinski definition) is 2. The van der Waals surface area contributed by atoms with Gasteiger partial charge < -0.3 is 15.7 Å². The van der Waals surface area contributed by atoms with Crippen LogP contribution in [0.15, 0.2) is 182 Å². The molecule has 3 heteroatoms. The summed E-state index contributed by atoms with van der Waals surface area (Å²) in [5, 5.41) is 17.1. The minimum Gasteiger partial charge on any atom is -0.310 e. The van der Waals surface area contributed by atoms with Crippen LogP contribution in [0.1, 0.15) is 47.2 Å². The third-order valence-electron chi connectivity index (χ3n) is 10.2. The molecule has 0 atom stereocenters. The molecule has 6 aromatic rings. The number of allylic oxidation sites excluding steroid dienone is 6. The van der Waals surface area contributed by atoms with Crippen molar-refractivity contribution in [2.24, 2.45) is 0 Å². The molecule has 0 aromatic heterocycles. The van der Waals surface area contributed by atoms with Gasteiger partial charge in [0.1, 0.15) is 0 Å². The zero-order valence-corrected chi connectivity index (χ0v) is 28.2. The first-order valence-electron chi connectivity index (χ1n) is 17.1. The predicted molar refractivity (Wildman–Crippen MR) is 210 cm³/mol. The first kappa shape index (κ1) is 31.0. The fourth-order valence-electron chi connectivity index (χ4n) is 7.96. The van der Waals surface area contributed by atoms with Crippen LogP contribution in [0.5, 0.6) is 0 Å². The third-order valence-corrected chi connectivity index (χ3v) is 10.2. The Morgan fingerprint density at radius 2 is 1.08 bits per heavy atom. The fraction of sp³-hybridized carbons (Fsp3) is 0.0638. The summed E-state index contributed by atoms with van der Waals surface area (Å²) in [6.45, 7) is 4.41. The zero-order chi connectivity index (χ0) is 34.2. The SMILES string of the molecule is C/C=C\C1=C(C)C2(c3ccccc3N(c3ccccc3)c3ccccc32)c2cccc(-c3ccc(C(=N)/C=C\C(=N)c4ccccc4)cc3)c21. The molecule has 1 aliphatic carbocycles. The maximum absolute atomic E-state index is 8.74. The zero-order valence-electron chi connectivity index (χ0n) is 28.2. The molecule has 1 aliphatic heterocycles. The molecule has 2 N–H and O–H groups in total. The van der Waals surface area contributed by atoms with Gasteiger partial charge in [0, 0.05) is 5.69 Å². The molecule has 0 fully saturated rings. The Hall–Kier alpha value is -6.32. The van der Waals surface area contributed by atoms with Crippen LogP contribution >= 0.6 is 0 Å². The van der Waals surface area contributed by atoms with Crippen molar-refractivity contribution < 1.29 is 0 Å². The average molecular weight is 644 g/mol. The lowest BCUT2D eigenvalue weighted by molar-refractivity contribution is 0.729. The maximum atomic E-state index is 8.74. The molecule has 8 rings (SSSR count). The predicted octanol–water partition coefficient (Wildman–Crippen LogP) is 11.8. The van der Waals surface area contributed by atoms with Crippen molar-refractivity contribution in [3.8, 4) is 11.1 Å². The number of benzene rings is 6. The summed E-state index contributed by atoms with van der Waals surface area (Å²) in [5.41, 5.74) is 15.4. The van der Waals surface area contributed by atoms with Crippen molar-refractivity contribution in [3.05, 3.63) is 215 Å². The van der Waals surface area contributed by atoms with Gasteiger partial charge in [-0.15, -0.1) is 0 Å². The van der Waals surface area contributed by atoms with Gasteiger partial charge in [0.15, 0.2) is 0 Å². The van der Waals surface area contributed by atoms with Crippen LogP contribution in [0.3, 0.4) is 0 Å². The Labute approximate surface area is 294 Å². The molecule has 0 saturated heterocycles. The van der Waals surface area contributed by atoms with Crippen LogP contribution in [-0.2, 0) is 5.41 Å². The fourth-order valence-corrected chi connectivity index (χ4v) is 7.96. The quantitative estimate of drug-likeness (QED) is 0.167. The molecule has 0 saturated carbocycles. The molecule has 240 valence electrons. The molecule has 0 unspecified atom stereocenters. The molecule has 0 bridgehead atoms. The Morgan fingerprint density at radius 1 is 0.560 bits per heavy atom. The van der Waals surface area contributed by atoms with Crippen LogP contribution in [0.4, 0.5) is 17.1 Å². The molecule has 50 heavy (non-hydrogen) atoms. The molecule has 1 spiro atoms. The molecule has 3 nitrogen and oxygen atoms in total. The van der Waals surface area contributed by atoms with Gasteiger partial charge in [0.25, 0.3) is 0 Å². The van der Waals surface area contributed by atoms with E-state index in [2.05, 4.69) is 140 Å². The number of anilines is 3. The molecule has 0 amide bonds. The smallest absolute Gasteiger partial charge is 0.0714 e. The van der Waals surface area contributed by atoms with Crippen LogP contribution in [0, 0.1) is 10.8 Å². The minimum atomic E-state index is -0.477. The first-order valence-corrected chi connectivity index (χ1v) is 17.1. The minimum absolute atomic E-state index is 0.373. The highest BCUT2D eigenvalue weighted by Gasteiger charge is 2.51. The van der Waals surface area contributed by atoms with Crippen molar-refractivity contribution in [1.29, 1.82) is 10.8 Å². The van der Waals surface area contributed by atoms with E-state index in [0.717, 1.165) is 22.4 Å². The third kappa shape index (κ3) is 4.82. The van der Waals surface area contributed by atoms with E-state index in [1.165, 1.54) is 50.3 Å². The molecular formula is C47H37N3. The molecule has 0 radical (unpaired) electrons. The number of nitrogens with one attached hydrogen (secondary N) is 2. The van der Waals surface area contributed by atoms with Crippen molar-refractivity contribution in [2.75, 3.05) is 4.90 Å². The van der Waals surface area contributed by atoms with Crippen LogP contribution in [-0.4, -0.2) is 11.4 Å². The van der Waals surface area contributed by atoms with E-state index in [-0.39, 0.29) is 0 Å². The van der Waals surface area contributed by atoms with Gasteiger partial charge in [-0.3, -0.25) is 0 Å². The van der Waals surface area contributed by atoms with Gasteiger partial charge in [-0.05, 0) is 106 Å². The summed E-state index contributed by atoms with van der Waals surface area (Å²) < 4.78 is 0. The highest BCUT2D eigenvalue weighted by molar-refractivity contribution is 6.14. The topological polar surface area (TPSA) is 50.9 Å². The molecule has 6 aromatic carbocycles. The number of fused-ring (bicyclic) bond motifs is 6. The lowest BCUT2D eigenvalue weighted by atomic mass is 9.64. The van der Waals surface area contributed by atoms with Gasteiger partial charge in [0.05, 0.1) is 28.2 Å². The number of hydrogen-bond acceptors (Lipinski definition) is 3. The summed E-state index contributed by atoms with van der Waals surface area (Å²) in [4.78, 5) is 2.41. The second kappa shape index (κ2) is 12.6. The Kier molecular flexibility index (Phi) is 7.81. The number of rotatable bonds is 7. The summed E-state index contributed by atoms with van der Waals surface area (Å²) in [5.74, 6) is 0. The van der Waals surface area contributed by atoms with E-state index < -0.39 is 5.41 Å². The summed E-state index contributed by atoms with van der Waals surface area (Å²) in [6, 6.07) is 53.1. The standard InChI is InChI=1S/C47H37N3/c1-3-15-37-32(2)47(39-21-10-12-24-44(39)50(36-18-8-5-9-19-36)45-25-13-11-22-40(45)47)41-23-14-20-38(46(37)41)33-26-28-35(29-27-33)43(49)31-30-42(48)34-16-6-4-7-17-34/h3-31,48-49H,1-2H3/b15-3-,31-30-,48-42?,49-43?. The second-order valence-electron chi connectivity index (χ2n) is 12.8. The van der Waals surface area contributed by atoms with E-state index in [1.54, 1.807) is 12.2 Å². The van der Waals surface area contributed by atoms with E-state index >= 15 is 0 Å². The van der Waals surface area contributed by atoms with E-state index in [9.17, 15) is 0 Å². The first-order chi connectivity index (χ1) is 24.5. The summed E-state index contributed by atoms with van der Waals surface area (Å²) in [6.07, 6.45) is 7.84. The monoisotopic (exact) mass is 643 g/mol. The van der Waals surface area contributed by atoms with Gasteiger partial charge in [-0.1, -0.05) is 140 Å². The average Bonchev–Trinajstić information content (AvgIpc) is 3.42. The molecule has 1 heterocycles. The Balaban J connectivity index is 1.26. The number of para-hydroxylation sites is 3. The van der Waals surface area contributed by atoms with Crippen molar-refractivity contribution in [2.45, 2.75) is 19.3 Å². The van der Waals surface area contributed by atoms with Gasteiger partial charge in [-0.2, -0.15) is 0 Å². The van der Waals surface area contributed by atoms with Crippen LogP contribution in [0.2, 0.25) is 0 Å². The lowest BCUT2D eigenvalue weighted by Crippen LogP contribution is -2.36. The highest BCUT2D eigenvalue weighted by atomic mass is 15.2. The molecule has 2 aliphatic rings. The van der Waals surface area contributed by atoms with Gasteiger partial charge in [0.2, 0.25) is 0 Å². The Bertz CT molecular complexity index is 2310. The van der Waals surface area contributed by atoms with E-state index in [0.29, 0.717) is 11.4 Å². The normalized spacial score (nSPS) is 14.2.